The molecule has 0 fully saturated rings. The van der Waals surface area contributed by atoms with Crippen molar-refractivity contribution >= 4 is 5.65 Å². The van der Waals surface area contributed by atoms with Gasteiger partial charge in [0.05, 0.1) is 0 Å². The molecule has 2 aromatic heterocycles. The van der Waals surface area contributed by atoms with Crippen molar-refractivity contribution in [1.29, 1.82) is 0 Å². The monoisotopic (exact) mass is 192 g/mol. The van der Waals surface area contributed by atoms with Crippen LogP contribution in [0.3, 0.4) is 0 Å². The summed E-state index contributed by atoms with van der Waals surface area (Å²) in [4.78, 5) is 4.15. The summed E-state index contributed by atoms with van der Waals surface area (Å²) in [6, 6.07) is 1.92. The zero-order valence-electron chi connectivity index (χ0n) is 7.81. The van der Waals surface area contributed by atoms with E-state index in [1.807, 2.05) is 35.3 Å². The van der Waals surface area contributed by atoms with Gasteiger partial charge in [0, 0.05) is 24.2 Å². The highest BCUT2D eigenvalue weighted by Gasteiger charge is 2.08. The third kappa shape index (κ3) is 1.37. The number of fused-ring (bicyclic) bond motifs is 1. The third-order valence-electron chi connectivity index (χ3n) is 2.25. The van der Waals surface area contributed by atoms with E-state index in [2.05, 4.69) is 4.98 Å². The van der Waals surface area contributed by atoms with Crippen molar-refractivity contribution < 1.29 is 5.21 Å². The molecule has 5 heteroatoms. The van der Waals surface area contributed by atoms with Crippen LogP contribution in [0.5, 0.6) is 0 Å². The Hall–Kier alpha value is -1.43. The Bertz CT molecular complexity index is 451. The van der Waals surface area contributed by atoms with Crippen LogP contribution in [0.1, 0.15) is 17.3 Å². The number of rotatable bonds is 2. The molecule has 1 atom stereocenters. The molecule has 0 spiro atoms. The number of nitrogens with two attached hydrogens (primary N) is 1. The van der Waals surface area contributed by atoms with Crippen LogP contribution < -0.4 is 11.2 Å². The molecule has 0 amide bonds. The van der Waals surface area contributed by atoms with E-state index in [4.69, 9.17) is 10.9 Å². The van der Waals surface area contributed by atoms with Gasteiger partial charge in [-0.3, -0.25) is 0 Å². The number of hydrogen-bond donors (Lipinski definition) is 3. The van der Waals surface area contributed by atoms with E-state index in [0.29, 0.717) is 0 Å². The first-order valence-corrected chi connectivity index (χ1v) is 4.31. The fraction of sp³-hybridized carbons (Fsp3) is 0.222. The number of nitrogens with one attached hydrogen (secondary N) is 1. The quantitative estimate of drug-likeness (QED) is 0.480. The topological polar surface area (TPSA) is 75.6 Å². The highest BCUT2D eigenvalue weighted by molar-refractivity contribution is 5.44. The number of imidazole rings is 1. The lowest BCUT2D eigenvalue weighted by molar-refractivity contribution is 0.128. The summed E-state index contributed by atoms with van der Waals surface area (Å²) in [5.41, 5.74) is 10.4. The summed E-state index contributed by atoms with van der Waals surface area (Å²) in [7, 11) is 0. The highest BCUT2D eigenvalue weighted by atomic mass is 16.5. The van der Waals surface area contributed by atoms with Crippen LogP contribution in [0.2, 0.25) is 0 Å². The van der Waals surface area contributed by atoms with Gasteiger partial charge in [-0.05, 0) is 18.6 Å². The zero-order chi connectivity index (χ0) is 10.1. The van der Waals surface area contributed by atoms with Gasteiger partial charge in [0.25, 0.3) is 0 Å². The molecular weight excluding hydrogens is 180 g/mol. The van der Waals surface area contributed by atoms with Crippen LogP contribution in [0, 0.1) is 6.92 Å². The van der Waals surface area contributed by atoms with E-state index in [0.717, 1.165) is 16.8 Å². The molecule has 2 rings (SSSR count). The minimum absolute atomic E-state index is 0.568. The predicted octanol–water partition coefficient (Wildman–Crippen LogP) is 0.579. The van der Waals surface area contributed by atoms with Gasteiger partial charge >= 0.3 is 0 Å². The number of pyridine rings is 1. The Kier molecular flexibility index (Phi) is 2.20. The third-order valence-corrected chi connectivity index (χ3v) is 2.25. The first kappa shape index (κ1) is 9.14. The van der Waals surface area contributed by atoms with Crippen molar-refractivity contribution in [1.82, 2.24) is 14.9 Å². The van der Waals surface area contributed by atoms with Crippen molar-refractivity contribution in [3.8, 4) is 0 Å². The normalized spacial score (nSPS) is 13.4. The molecule has 0 saturated carbocycles. The summed E-state index contributed by atoms with van der Waals surface area (Å²) >= 11 is 0. The second kappa shape index (κ2) is 3.38. The van der Waals surface area contributed by atoms with Crippen LogP contribution in [-0.2, 0) is 0 Å². The summed E-state index contributed by atoms with van der Waals surface area (Å²) in [6.07, 6.45) is 4.84. The molecule has 0 aromatic carbocycles. The Labute approximate surface area is 81.1 Å². The molecule has 74 valence electrons. The van der Waals surface area contributed by atoms with Crippen LogP contribution in [0.4, 0.5) is 0 Å². The number of aromatic nitrogens is 2. The Morgan fingerprint density at radius 3 is 3.14 bits per heavy atom. The lowest BCUT2D eigenvalue weighted by Crippen LogP contribution is -2.26. The molecule has 14 heavy (non-hydrogen) atoms. The van der Waals surface area contributed by atoms with Gasteiger partial charge in [0.15, 0.2) is 0 Å². The molecule has 0 aliphatic heterocycles. The molecular formula is C9H12N4O. The van der Waals surface area contributed by atoms with Crippen LogP contribution in [-0.4, -0.2) is 14.6 Å². The van der Waals surface area contributed by atoms with Crippen molar-refractivity contribution in [3.05, 3.63) is 35.8 Å². The molecule has 2 aromatic rings. The van der Waals surface area contributed by atoms with E-state index in [9.17, 15) is 0 Å². The van der Waals surface area contributed by atoms with Crippen molar-refractivity contribution in [2.75, 3.05) is 0 Å². The van der Waals surface area contributed by atoms with E-state index >= 15 is 0 Å². The number of hydroxylamine groups is 1. The van der Waals surface area contributed by atoms with Crippen molar-refractivity contribution in [2.24, 2.45) is 5.73 Å². The molecule has 0 aliphatic carbocycles. The van der Waals surface area contributed by atoms with Crippen LogP contribution in [0.15, 0.2) is 24.7 Å². The maximum atomic E-state index is 8.74. The average molecular weight is 192 g/mol. The van der Waals surface area contributed by atoms with E-state index in [1.165, 1.54) is 0 Å². The lowest BCUT2D eigenvalue weighted by Gasteiger charge is -2.12. The molecule has 4 N–H and O–H groups in total. The molecule has 0 saturated heterocycles. The molecule has 2 heterocycles. The van der Waals surface area contributed by atoms with Crippen LogP contribution >= 0.6 is 0 Å². The Balaban J connectivity index is 2.58. The summed E-state index contributed by atoms with van der Waals surface area (Å²) in [6.45, 7) is 1.93. The number of nitrogens with zero attached hydrogens (tertiary/aromatic N) is 2. The van der Waals surface area contributed by atoms with E-state index in [-0.39, 0.29) is 0 Å². The predicted molar refractivity (Wildman–Crippen MR) is 51.8 cm³/mol. The molecule has 1 unspecified atom stereocenters. The Morgan fingerprint density at radius 1 is 1.64 bits per heavy atom. The second-order valence-corrected chi connectivity index (χ2v) is 3.21. The first-order chi connectivity index (χ1) is 6.72. The van der Waals surface area contributed by atoms with Gasteiger partial charge in [0.2, 0.25) is 0 Å². The summed E-state index contributed by atoms with van der Waals surface area (Å²) in [5, 5.41) is 8.74. The molecule has 0 bridgehead atoms. The number of hydrogen-bond acceptors (Lipinski definition) is 4. The summed E-state index contributed by atoms with van der Waals surface area (Å²) in [5.74, 6) is 0. The van der Waals surface area contributed by atoms with Gasteiger partial charge in [-0.1, -0.05) is 0 Å². The maximum Gasteiger partial charge on any atom is 0.136 e. The van der Waals surface area contributed by atoms with E-state index < -0.39 is 6.17 Å². The number of aryl methyl sites for hydroxylation is 1. The SMILES string of the molecule is Cc1cc2nccn2cc1C(N)NO. The minimum atomic E-state index is -0.568. The second-order valence-electron chi connectivity index (χ2n) is 3.21. The fourth-order valence-corrected chi connectivity index (χ4v) is 1.47. The van der Waals surface area contributed by atoms with E-state index in [1.54, 1.807) is 6.20 Å². The molecule has 0 aliphatic rings. The molecule has 5 nitrogen and oxygen atoms in total. The highest BCUT2D eigenvalue weighted by Crippen LogP contribution is 2.15. The Morgan fingerprint density at radius 2 is 2.43 bits per heavy atom. The first-order valence-electron chi connectivity index (χ1n) is 4.31. The standard InChI is InChI=1S/C9H12N4O/c1-6-4-8-11-2-3-13(8)5-7(6)9(10)12-14/h2-5,9,12,14H,10H2,1H3. The lowest BCUT2D eigenvalue weighted by atomic mass is 10.1. The van der Waals surface area contributed by atoms with Crippen molar-refractivity contribution in [3.63, 3.8) is 0 Å². The fourth-order valence-electron chi connectivity index (χ4n) is 1.47. The van der Waals surface area contributed by atoms with Crippen molar-refractivity contribution in [2.45, 2.75) is 13.1 Å². The summed E-state index contributed by atoms with van der Waals surface area (Å²) < 4.78 is 1.86. The zero-order valence-corrected chi connectivity index (χ0v) is 7.81. The van der Waals surface area contributed by atoms with Crippen LogP contribution in [0.25, 0.3) is 5.65 Å². The minimum Gasteiger partial charge on any atom is -0.315 e. The smallest absolute Gasteiger partial charge is 0.136 e. The van der Waals surface area contributed by atoms with Gasteiger partial charge < -0.3 is 15.3 Å². The largest absolute Gasteiger partial charge is 0.315 e. The van der Waals surface area contributed by atoms with Gasteiger partial charge in [0.1, 0.15) is 11.8 Å². The van der Waals surface area contributed by atoms with Gasteiger partial charge in [-0.2, -0.15) is 5.48 Å². The van der Waals surface area contributed by atoms with Gasteiger partial charge in [-0.25, -0.2) is 4.98 Å². The molecule has 0 radical (unpaired) electrons. The van der Waals surface area contributed by atoms with Gasteiger partial charge in [-0.15, -0.1) is 0 Å². The maximum absolute atomic E-state index is 8.74. The average Bonchev–Trinajstić information content (AvgIpc) is 2.62.